The maximum Gasteiger partial charge on any atom is 0.188 e. The van der Waals surface area contributed by atoms with Crippen molar-refractivity contribution in [3.05, 3.63) is 42.5 Å². The zero-order valence-corrected chi connectivity index (χ0v) is 12.0. The van der Waals surface area contributed by atoms with Gasteiger partial charge in [-0.2, -0.15) is 0 Å². The maximum absolute atomic E-state index is 5.37. The van der Waals surface area contributed by atoms with E-state index < -0.39 is 0 Å². The van der Waals surface area contributed by atoms with Crippen LogP contribution in [0.4, 0.5) is 10.8 Å². The normalized spacial score (nSPS) is 10.5. The second-order valence-corrected chi connectivity index (χ2v) is 5.22. The van der Waals surface area contributed by atoms with Crippen LogP contribution in [-0.2, 0) is 0 Å². The molecule has 5 heteroatoms. The molecule has 0 saturated carbocycles. The Bertz CT molecular complexity index is 725. The highest BCUT2D eigenvalue weighted by Crippen LogP contribution is 2.36. The molecule has 1 heterocycles. The second-order valence-electron chi connectivity index (χ2n) is 4.19. The number of thiazole rings is 1. The van der Waals surface area contributed by atoms with E-state index in [1.165, 1.54) is 0 Å². The molecule has 1 N–H and O–H groups in total. The van der Waals surface area contributed by atoms with E-state index in [-0.39, 0.29) is 0 Å². The summed E-state index contributed by atoms with van der Waals surface area (Å²) < 4.78 is 11.7. The van der Waals surface area contributed by atoms with Gasteiger partial charge >= 0.3 is 0 Å². The summed E-state index contributed by atoms with van der Waals surface area (Å²) in [5, 5.41) is 4.12. The number of nitrogens with zero attached hydrogens (tertiary/aromatic N) is 1. The molecule has 0 amide bonds. The summed E-state index contributed by atoms with van der Waals surface area (Å²) in [5.74, 6) is 1.49. The molecule has 2 aromatic carbocycles. The van der Waals surface area contributed by atoms with E-state index in [2.05, 4.69) is 10.3 Å². The Balaban J connectivity index is 2.01. The Morgan fingerprint density at radius 2 is 1.85 bits per heavy atom. The first-order valence-electron chi connectivity index (χ1n) is 6.15. The van der Waals surface area contributed by atoms with Gasteiger partial charge in [-0.25, -0.2) is 4.98 Å². The van der Waals surface area contributed by atoms with Crippen LogP contribution >= 0.6 is 11.3 Å². The lowest BCUT2D eigenvalue weighted by molar-refractivity contribution is 0.397. The van der Waals surface area contributed by atoms with Crippen LogP contribution in [0, 0.1) is 0 Å². The van der Waals surface area contributed by atoms with Crippen LogP contribution in [0.25, 0.3) is 10.2 Å². The molecule has 102 valence electrons. The summed E-state index contributed by atoms with van der Waals surface area (Å²) in [6.07, 6.45) is 0. The topological polar surface area (TPSA) is 43.4 Å². The molecular weight excluding hydrogens is 272 g/mol. The van der Waals surface area contributed by atoms with Gasteiger partial charge in [0.05, 0.1) is 18.9 Å². The highest BCUT2D eigenvalue weighted by atomic mass is 32.1. The standard InChI is InChI=1S/C15H14N2O2S/c1-18-11-8-12(19-2)14-13(9-11)20-15(17-14)16-10-6-4-3-5-7-10/h3-9H,1-2H3,(H,16,17). The molecule has 0 fully saturated rings. The highest BCUT2D eigenvalue weighted by Gasteiger charge is 2.11. The van der Waals surface area contributed by atoms with Crippen molar-refractivity contribution in [1.82, 2.24) is 4.98 Å². The molecule has 0 aliphatic heterocycles. The smallest absolute Gasteiger partial charge is 0.188 e. The fourth-order valence-electron chi connectivity index (χ4n) is 1.95. The third kappa shape index (κ3) is 2.40. The van der Waals surface area contributed by atoms with Crippen LogP contribution in [0.1, 0.15) is 0 Å². The number of hydrogen-bond acceptors (Lipinski definition) is 5. The van der Waals surface area contributed by atoms with Gasteiger partial charge in [0.15, 0.2) is 5.13 Å². The van der Waals surface area contributed by atoms with Crippen LogP contribution in [0.3, 0.4) is 0 Å². The molecule has 0 spiro atoms. The maximum atomic E-state index is 5.37. The van der Waals surface area contributed by atoms with E-state index in [1.807, 2.05) is 42.5 Å². The molecule has 3 aromatic rings. The number of ether oxygens (including phenoxy) is 2. The molecule has 0 aliphatic carbocycles. The quantitative estimate of drug-likeness (QED) is 0.785. The number of methoxy groups -OCH3 is 2. The number of rotatable bonds is 4. The van der Waals surface area contributed by atoms with E-state index >= 15 is 0 Å². The first kappa shape index (κ1) is 12.7. The number of anilines is 2. The molecule has 0 unspecified atom stereocenters. The monoisotopic (exact) mass is 286 g/mol. The Labute approximate surface area is 121 Å². The molecular formula is C15H14N2O2S. The fraction of sp³-hybridized carbons (Fsp3) is 0.133. The third-order valence-electron chi connectivity index (χ3n) is 2.91. The van der Waals surface area contributed by atoms with E-state index in [1.54, 1.807) is 25.6 Å². The minimum absolute atomic E-state index is 0.719. The lowest BCUT2D eigenvalue weighted by Gasteiger charge is -2.03. The zero-order chi connectivity index (χ0) is 13.9. The number of fused-ring (bicyclic) bond motifs is 1. The summed E-state index contributed by atoms with van der Waals surface area (Å²) in [4.78, 5) is 4.58. The van der Waals surface area contributed by atoms with Crippen molar-refractivity contribution in [2.75, 3.05) is 19.5 Å². The largest absolute Gasteiger partial charge is 0.497 e. The first-order chi connectivity index (χ1) is 9.80. The van der Waals surface area contributed by atoms with Crippen molar-refractivity contribution >= 4 is 32.4 Å². The van der Waals surface area contributed by atoms with Gasteiger partial charge in [0.2, 0.25) is 0 Å². The van der Waals surface area contributed by atoms with Gasteiger partial charge in [-0.3, -0.25) is 0 Å². The van der Waals surface area contributed by atoms with Gasteiger partial charge in [-0.1, -0.05) is 29.5 Å². The Morgan fingerprint density at radius 3 is 2.55 bits per heavy atom. The molecule has 0 atom stereocenters. The van der Waals surface area contributed by atoms with Crippen molar-refractivity contribution in [2.24, 2.45) is 0 Å². The Kier molecular flexibility index (Phi) is 3.43. The third-order valence-corrected chi connectivity index (χ3v) is 3.83. The summed E-state index contributed by atoms with van der Waals surface area (Å²) in [6, 6.07) is 13.8. The Hall–Kier alpha value is -2.27. The second kappa shape index (κ2) is 5.38. The van der Waals surface area contributed by atoms with Gasteiger partial charge < -0.3 is 14.8 Å². The molecule has 3 rings (SSSR count). The SMILES string of the molecule is COc1cc(OC)c2nc(Nc3ccccc3)sc2c1. The van der Waals surface area contributed by atoms with Crippen LogP contribution in [0.15, 0.2) is 42.5 Å². The highest BCUT2D eigenvalue weighted by molar-refractivity contribution is 7.22. The van der Waals surface area contributed by atoms with Crippen LogP contribution in [0.5, 0.6) is 11.5 Å². The number of aromatic nitrogens is 1. The average molecular weight is 286 g/mol. The van der Waals surface area contributed by atoms with Crippen LogP contribution < -0.4 is 14.8 Å². The fourth-order valence-corrected chi connectivity index (χ4v) is 2.88. The van der Waals surface area contributed by atoms with Crippen molar-refractivity contribution < 1.29 is 9.47 Å². The van der Waals surface area contributed by atoms with Crippen molar-refractivity contribution in [3.8, 4) is 11.5 Å². The van der Waals surface area contributed by atoms with E-state index in [0.29, 0.717) is 0 Å². The summed E-state index contributed by atoms with van der Waals surface area (Å²) in [6.45, 7) is 0. The molecule has 4 nitrogen and oxygen atoms in total. The molecule has 0 radical (unpaired) electrons. The number of nitrogens with one attached hydrogen (secondary N) is 1. The van der Waals surface area contributed by atoms with Crippen LogP contribution in [0.2, 0.25) is 0 Å². The lowest BCUT2D eigenvalue weighted by Crippen LogP contribution is -1.89. The molecule has 0 bridgehead atoms. The summed E-state index contributed by atoms with van der Waals surface area (Å²) in [7, 11) is 3.28. The van der Waals surface area contributed by atoms with E-state index in [0.717, 1.165) is 32.5 Å². The van der Waals surface area contributed by atoms with Crippen LogP contribution in [-0.4, -0.2) is 19.2 Å². The van der Waals surface area contributed by atoms with Crippen molar-refractivity contribution in [1.29, 1.82) is 0 Å². The lowest BCUT2D eigenvalue weighted by atomic mass is 10.3. The van der Waals surface area contributed by atoms with Crippen molar-refractivity contribution in [2.45, 2.75) is 0 Å². The van der Waals surface area contributed by atoms with Gasteiger partial charge in [0.25, 0.3) is 0 Å². The molecule has 0 aliphatic rings. The predicted octanol–water partition coefficient (Wildman–Crippen LogP) is 4.06. The van der Waals surface area contributed by atoms with Gasteiger partial charge in [-0.15, -0.1) is 0 Å². The average Bonchev–Trinajstić information content (AvgIpc) is 2.89. The summed E-state index contributed by atoms with van der Waals surface area (Å²) in [5.41, 5.74) is 1.86. The first-order valence-corrected chi connectivity index (χ1v) is 6.96. The van der Waals surface area contributed by atoms with Gasteiger partial charge in [0.1, 0.15) is 17.0 Å². The number of hydrogen-bond donors (Lipinski definition) is 1. The zero-order valence-electron chi connectivity index (χ0n) is 11.2. The van der Waals surface area contributed by atoms with Gasteiger partial charge in [-0.05, 0) is 18.2 Å². The molecule has 20 heavy (non-hydrogen) atoms. The van der Waals surface area contributed by atoms with Crippen molar-refractivity contribution in [3.63, 3.8) is 0 Å². The van der Waals surface area contributed by atoms with Gasteiger partial charge in [0, 0.05) is 11.8 Å². The van der Waals surface area contributed by atoms with E-state index in [4.69, 9.17) is 9.47 Å². The number of benzene rings is 2. The summed E-state index contributed by atoms with van der Waals surface area (Å²) >= 11 is 1.57. The number of para-hydroxylation sites is 1. The minimum Gasteiger partial charge on any atom is -0.497 e. The van der Waals surface area contributed by atoms with E-state index in [9.17, 15) is 0 Å². The predicted molar refractivity (Wildman–Crippen MR) is 82.4 cm³/mol. The molecule has 0 saturated heterocycles. The Morgan fingerprint density at radius 1 is 1.05 bits per heavy atom. The molecule has 1 aromatic heterocycles. The minimum atomic E-state index is 0.719.